The number of nitrogens with zero attached hydrogens (tertiary/aromatic N) is 3. The van der Waals surface area contributed by atoms with Gasteiger partial charge in [-0.25, -0.2) is 9.67 Å². The molecule has 1 saturated carbocycles. The Bertz CT molecular complexity index is 379. The lowest BCUT2D eigenvalue weighted by molar-refractivity contribution is 0.266. The first kappa shape index (κ1) is 16.4. The van der Waals surface area contributed by atoms with Crippen molar-refractivity contribution in [3.63, 3.8) is 0 Å². The van der Waals surface area contributed by atoms with E-state index in [4.69, 9.17) is 5.11 Å². The molecule has 0 aromatic carbocycles. The molecule has 1 unspecified atom stereocenters. The fraction of sp³-hybridized carbons (Fsp3) is 0.846. The average molecular weight is 289 g/mol. The topological polar surface area (TPSA) is 63.0 Å². The molecule has 1 aromatic heterocycles. The fourth-order valence-corrected chi connectivity index (χ4v) is 1.90. The van der Waals surface area contributed by atoms with Gasteiger partial charge in [0.05, 0.1) is 19.7 Å². The highest BCUT2D eigenvalue weighted by atomic mass is 35.5. The Labute approximate surface area is 121 Å². The summed E-state index contributed by atoms with van der Waals surface area (Å²) < 4.78 is 1.84. The Morgan fingerprint density at radius 3 is 2.79 bits per heavy atom. The molecule has 0 amide bonds. The normalized spacial score (nSPS) is 16.2. The van der Waals surface area contributed by atoms with Gasteiger partial charge < -0.3 is 10.4 Å². The second kappa shape index (κ2) is 7.82. The number of nitrogens with one attached hydrogen (secondary N) is 1. The smallest absolute Gasteiger partial charge is 0.151 e. The molecule has 1 heterocycles. The van der Waals surface area contributed by atoms with E-state index in [1.54, 1.807) is 0 Å². The summed E-state index contributed by atoms with van der Waals surface area (Å²) in [6.45, 7) is 5.82. The predicted molar refractivity (Wildman–Crippen MR) is 77.4 cm³/mol. The molecular weight excluding hydrogens is 264 g/mol. The van der Waals surface area contributed by atoms with Crippen LogP contribution in [0.15, 0.2) is 0 Å². The van der Waals surface area contributed by atoms with Gasteiger partial charge in [-0.3, -0.25) is 0 Å². The zero-order chi connectivity index (χ0) is 13.0. The van der Waals surface area contributed by atoms with Crippen molar-refractivity contribution in [1.29, 1.82) is 0 Å². The summed E-state index contributed by atoms with van der Waals surface area (Å²) in [4.78, 5) is 4.59. The van der Waals surface area contributed by atoms with E-state index in [0.29, 0.717) is 18.5 Å². The predicted octanol–water partition coefficient (Wildman–Crippen LogP) is 1.53. The van der Waals surface area contributed by atoms with Crippen molar-refractivity contribution in [3.05, 3.63) is 11.6 Å². The van der Waals surface area contributed by atoms with Crippen LogP contribution in [0, 0.1) is 5.92 Å². The summed E-state index contributed by atoms with van der Waals surface area (Å²) in [5.74, 6) is 2.47. The molecule has 2 N–H and O–H groups in total. The van der Waals surface area contributed by atoms with Gasteiger partial charge in [0.1, 0.15) is 5.82 Å². The van der Waals surface area contributed by atoms with Crippen LogP contribution in [0.1, 0.15) is 44.8 Å². The quantitative estimate of drug-likeness (QED) is 0.762. The summed E-state index contributed by atoms with van der Waals surface area (Å²) in [7, 11) is 0. The van der Waals surface area contributed by atoms with E-state index >= 15 is 0 Å². The molecule has 1 aliphatic rings. The zero-order valence-corrected chi connectivity index (χ0v) is 12.6. The Balaban J connectivity index is 0.00000180. The minimum absolute atomic E-state index is 0. The second-order valence-corrected chi connectivity index (χ2v) is 5.26. The van der Waals surface area contributed by atoms with Crippen LogP contribution in [0.3, 0.4) is 0 Å². The van der Waals surface area contributed by atoms with Crippen LogP contribution in [0.4, 0.5) is 0 Å². The number of rotatable bonds is 8. The second-order valence-electron chi connectivity index (χ2n) is 5.26. The van der Waals surface area contributed by atoms with Crippen molar-refractivity contribution in [2.75, 3.05) is 6.61 Å². The Hall–Kier alpha value is -0.650. The van der Waals surface area contributed by atoms with Crippen LogP contribution >= 0.6 is 12.4 Å². The largest absolute Gasteiger partial charge is 0.394 e. The van der Waals surface area contributed by atoms with Gasteiger partial charge in [0.25, 0.3) is 0 Å². The van der Waals surface area contributed by atoms with E-state index in [-0.39, 0.29) is 19.0 Å². The Kier molecular flexibility index (Phi) is 6.75. The van der Waals surface area contributed by atoms with Crippen molar-refractivity contribution in [3.8, 4) is 0 Å². The third-order valence-corrected chi connectivity index (χ3v) is 3.46. The van der Waals surface area contributed by atoms with Gasteiger partial charge in [0.15, 0.2) is 5.82 Å². The lowest BCUT2D eigenvalue weighted by Crippen LogP contribution is -2.20. The van der Waals surface area contributed by atoms with E-state index in [9.17, 15) is 0 Å². The molecule has 2 rings (SSSR count). The van der Waals surface area contributed by atoms with Crippen LogP contribution in [0.2, 0.25) is 0 Å². The monoisotopic (exact) mass is 288 g/mol. The van der Waals surface area contributed by atoms with Crippen molar-refractivity contribution in [2.45, 2.75) is 58.7 Å². The minimum Gasteiger partial charge on any atom is -0.394 e. The Morgan fingerprint density at radius 1 is 1.47 bits per heavy atom. The van der Waals surface area contributed by atoms with Crippen molar-refractivity contribution in [1.82, 2.24) is 20.1 Å². The first-order chi connectivity index (χ1) is 8.72. The molecule has 0 saturated heterocycles. The van der Waals surface area contributed by atoms with Crippen LogP contribution in [0.5, 0.6) is 0 Å². The molecule has 1 aromatic rings. The lowest BCUT2D eigenvalue weighted by atomic mass is 10.1. The van der Waals surface area contributed by atoms with Crippen molar-refractivity contribution >= 4 is 12.4 Å². The summed E-state index contributed by atoms with van der Waals surface area (Å²) in [6.07, 6.45) is 4.61. The fourth-order valence-electron chi connectivity index (χ4n) is 1.90. The van der Waals surface area contributed by atoms with Gasteiger partial charge in [-0.15, -0.1) is 12.4 Å². The van der Waals surface area contributed by atoms with E-state index in [1.165, 1.54) is 12.8 Å². The SMILES string of the molecule is CCC(C)Cc1nc(CNC2CC2)n(CCO)n1.Cl. The van der Waals surface area contributed by atoms with Gasteiger partial charge in [-0.1, -0.05) is 20.3 Å². The molecule has 6 heteroatoms. The van der Waals surface area contributed by atoms with E-state index in [0.717, 1.165) is 31.0 Å². The highest BCUT2D eigenvalue weighted by molar-refractivity contribution is 5.85. The molecular formula is C13H25ClN4O. The van der Waals surface area contributed by atoms with Crippen LogP contribution in [-0.4, -0.2) is 32.5 Å². The number of aliphatic hydroxyl groups excluding tert-OH is 1. The standard InChI is InChI=1S/C13H24N4O.ClH/c1-3-10(2)8-12-15-13(9-14-11-4-5-11)17(16-12)6-7-18;/h10-11,14,18H,3-9H2,1-2H3;1H. The van der Waals surface area contributed by atoms with Crippen LogP contribution in [0.25, 0.3) is 0 Å². The molecule has 1 atom stereocenters. The maximum Gasteiger partial charge on any atom is 0.151 e. The molecule has 0 aliphatic heterocycles. The maximum absolute atomic E-state index is 9.06. The minimum atomic E-state index is 0. The lowest BCUT2D eigenvalue weighted by Gasteiger charge is -2.04. The molecule has 1 aliphatic carbocycles. The molecule has 0 radical (unpaired) electrons. The van der Waals surface area contributed by atoms with Crippen molar-refractivity contribution in [2.24, 2.45) is 5.92 Å². The van der Waals surface area contributed by atoms with Gasteiger partial charge in [-0.05, 0) is 18.8 Å². The first-order valence-electron chi connectivity index (χ1n) is 6.99. The molecule has 0 spiro atoms. The molecule has 110 valence electrons. The number of hydrogen-bond acceptors (Lipinski definition) is 4. The summed E-state index contributed by atoms with van der Waals surface area (Å²) in [5.41, 5.74) is 0. The number of aliphatic hydroxyl groups is 1. The highest BCUT2D eigenvalue weighted by Gasteiger charge is 2.21. The van der Waals surface area contributed by atoms with Crippen molar-refractivity contribution < 1.29 is 5.11 Å². The summed E-state index contributed by atoms with van der Waals surface area (Å²) >= 11 is 0. The molecule has 0 bridgehead atoms. The van der Waals surface area contributed by atoms with Crippen LogP contribution < -0.4 is 5.32 Å². The van der Waals surface area contributed by atoms with Gasteiger partial charge in [-0.2, -0.15) is 5.10 Å². The Morgan fingerprint density at radius 2 is 2.21 bits per heavy atom. The van der Waals surface area contributed by atoms with E-state index < -0.39 is 0 Å². The third kappa shape index (κ3) is 5.09. The summed E-state index contributed by atoms with van der Waals surface area (Å²) in [6, 6.07) is 0.669. The van der Waals surface area contributed by atoms with E-state index in [1.807, 2.05) is 4.68 Å². The van der Waals surface area contributed by atoms with Gasteiger partial charge in [0.2, 0.25) is 0 Å². The number of halogens is 1. The molecule has 5 nitrogen and oxygen atoms in total. The van der Waals surface area contributed by atoms with E-state index in [2.05, 4.69) is 29.2 Å². The highest BCUT2D eigenvalue weighted by Crippen LogP contribution is 2.19. The van der Waals surface area contributed by atoms with Gasteiger partial charge in [0, 0.05) is 12.5 Å². The first-order valence-corrected chi connectivity index (χ1v) is 6.99. The average Bonchev–Trinajstić information content (AvgIpc) is 3.11. The number of hydrogen-bond donors (Lipinski definition) is 2. The molecule has 1 fully saturated rings. The van der Waals surface area contributed by atoms with Gasteiger partial charge >= 0.3 is 0 Å². The third-order valence-electron chi connectivity index (χ3n) is 3.46. The number of aromatic nitrogens is 3. The summed E-state index contributed by atoms with van der Waals surface area (Å²) in [5, 5.41) is 17.0. The zero-order valence-electron chi connectivity index (χ0n) is 11.8. The molecule has 19 heavy (non-hydrogen) atoms. The van der Waals surface area contributed by atoms with Crippen LogP contribution in [-0.2, 0) is 19.5 Å². The maximum atomic E-state index is 9.06.